The number of aromatic nitrogens is 2. The van der Waals surface area contributed by atoms with Crippen LogP contribution in [0.2, 0.25) is 0 Å². The lowest BCUT2D eigenvalue weighted by Crippen LogP contribution is -2.08. The summed E-state index contributed by atoms with van der Waals surface area (Å²) in [5.41, 5.74) is 0.718. The predicted molar refractivity (Wildman–Crippen MR) is 41.7 cm³/mol. The summed E-state index contributed by atoms with van der Waals surface area (Å²) >= 11 is 0. The number of aryl methyl sites for hydroxylation is 1. The molecule has 0 atom stereocenters. The Kier molecular flexibility index (Phi) is 2.25. The summed E-state index contributed by atoms with van der Waals surface area (Å²) < 4.78 is 6.61. The Balaban J connectivity index is 2.92. The molecule has 0 bridgehead atoms. The highest BCUT2D eigenvalue weighted by molar-refractivity contribution is 5.89. The van der Waals surface area contributed by atoms with E-state index in [4.69, 9.17) is 10.1 Å². The van der Waals surface area contributed by atoms with Crippen LogP contribution in [-0.4, -0.2) is 22.6 Å². The van der Waals surface area contributed by atoms with Gasteiger partial charge in [0.25, 0.3) is 0 Å². The van der Waals surface area contributed by atoms with E-state index in [0.29, 0.717) is 0 Å². The van der Waals surface area contributed by atoms with Gasteiger partial charge in [-0.05, 0) is 6.92 Å². The van der Waals surface area contributed by atoms with E-state index in [2.05, 4.69) is 4.98 Å². The third-order valence-corrected chi connectivity index (χ3v) is 1.49. The van der Waals surface area contributed by atoms with Crippen LogP contribution in [0.1, 0.15) is 12.6 Å². The van der Waals surface area contributed by atoms with Gasteiger partial charge in [0, 0.05) is 6.54 Å². The minimum Gasteiger partial charge on any atom is -0.480 e. The number of nitrogens with one attached hydrogen (secondary N) is 1. The van der Waals surface area contributed by atoms with Crippen LogP contribution in [0, 0.1) is 5.41 Å². The van der Waals surface area contributed by atoms with Gasteiger partial charge in [0.05, 0.1) is 19.6 Å². The summed E-state index contributed by atoms with van der Waals surface area (Å²) in [4.78, 5) is 3.90. The van der Waals surface area contributed by atoms with E-state index in [1.54, 1.807) is 12.5 Å². The van der Waals surface area contributed by atoms with Crippen LogP contribution in [0.15, 0.2) is 12.5 Å². The van der Waals surface area contributed by atoms with Crippen molar-refractivity contribution in [2.45, 2.75) is 13.5 Å². The van der Waals surface area contributed by atoms with Crippen LogP contribution in [0.25, 0.3) is 0 Å². The van der Waals surface area contributed by atoms with Crippen molar-refractivity contribution in [3.63, 3.8) is 0 Å². The van der Waals surface area contributed by atoms with Crippen LogP contribution in [-0.2, 0) is 11.3 Å². The van der Waals surface area contributed by atoms with Gasteiger partial charge < -0.3 is 9.30 Å². The molecule has 0 fully saturated rings. The van der Waals surface area contributed by atoms with Gasteiger partial charge in [-0.1, -0.05) is 0 Å². The molecule has 11 heavy (non-hydrogen) atoms. The quantitative estimate of drug-likeness (QED) is 0.506. The van der Waals surface area contributed by atoms with Crippen LogP contribution in [0.4, 0.5) is 0 Å². The Morgan fingerprint density at radius 1 is 1.82 bits per heavy atom. The first-order chi connectivity index (χ1) is 5.29. The normalized spacial score (nSPS) is 9.64. The first-order valence-electron chi connectivity index (χ1n) is 3.42. The molecule has 1 aromatic rings. The van der Waals surface area contributed by atoms with Gasteiger partial charge in [-0.25, -0.2) is 4.98 Å². The number of nitrogens with zero attached hydrogens (tertiary/aromatic N) is 2. The van der Waals surface area contributed by atoms with Gasteiger partial charge >= 0.3 is 0 Å². The molecule has 0 unspecified atom stereocenters. The molecule has 0 aliphatic carbocycles. The lowest BCUT2D eigenvalue weighted by molar-refractivity contribution is 0.397. The molecule has 0 radical (unpaired) electrons. The highest BCUT2D eigenvalue weighted by atomic mass is 16.5. The Hall–Kier alpha value is -1.32. The van der Waals surface area contributed by atoms with Gasteiger partial charge in [-0.15, -0.1) is 0 Å². The summed E-state index contributed by atoms with van der Waals surface area (Å²) in [5, 5.41) is 7.36. The smallest absolute Gasteiger partial charge is 0.231 e. The number of imidazole rings is 1. The number of methoxy groups -OCH3 is 1. The molecular formula is C7H11N3O. The fourth-order valence-electron chi connectivity index (χ4n) is 0.866. The standard InChI is InChI=1S/C7H11N3O/c1-3-10-5-9-4-6(10)7(8)11-2/h4-5,8H,3H2,1-2H3. The van der Waals surface area contributed by atoms with Gasteiger partial charge in [-0.3, -0.25) is 5.41 Å². The second kappa shape index (κ2) is 3.18. The van der Waals surface area contributed by atoms with E-state index in [9.17, 15) is 0 Å². The largest absolute Gasteiger partial charge is 0.480 e. The molecule has 0 saturated carbocycles. The van der Waals surface area contributed by atoms with Crippen LogP contribution >= 0.6 is 0 Å². The van der Waals surface area contributed by atoms with Crippen LogP contribution in [0.3, 0.4) is 0 Å². The van der Waals surface area contributed by atoms with Crippen LogP contribution in [0.5, 0.6) is 0 Å². The zero-order valence-corrected chi connectivity index (χ0v) is 6.66. The topological polar surface area (TPSA) is 50.9 Å². The van der Waals surface area contributed by atoms with E-state index in [1.807, 2.05) is 11.5 Å². The van der Waals surface area contributed by atoms with E-state index >= 15 is 0 Å². The van der Waals surface area contributed by atoms with Crippen molar-refractivity contribution in [2.24, 2.45) is 0 Å². The third-order valence-electron chi connectivity index (χ3n) is 1.49. The summed E-state index contributed by atoms with van der Waals surface area (Å²) in [6.45, 7) is 2.80. The fourth-order valence-corrected chi connectivity index (χ4v) is 0.866. The van der Waals surface area contributed by atoms with Crippen molar-refractivity contribution in [3.8, 4) is 0 Å². The highest BCUT2D eigenvalue weighted by Crippen LogP contribution is 1.99. The summed E-state index contributed by atoms with van der Waals surface area (Å²) in [6, 6.07) is 0. The number of hydrogen-bond donors (Lipinski definition) is 1. The molecule has 0 aliphatic rings. The molecule has 4 heteroatoms. The van der Waals surface area contributed by atoms with Gasteiger partial charge in [0.15, 0.2) is 0 Å². The average molecular weight is 153 g/mol. The molecule has 0 aliphatic heterocycles. The highest BCUT2D eigenvalue weighted by Gasteiger charge is 2.05. The lowest BCUT2D eigenvalue weighted by atomic mass is 10.4. The van der Waals surface area contributed by atoms with E-state index in [-0.39, 0.29) is 5.90 Å². The molecule has 0 amide bonds. The zero-order chi connectivity index (χ0) is 8.27. The van der Waals surface area contributed by atoms with Crippen molar-refractivity contribution in [2.75, 3.05) is 7.11 Å². The van der Waals surface area contributed by atoms with Crippen molar-refractivity contribution >= 4 is 5.90 Å². The second-order valence-electron chi connectivity index (χ2n) is 2.10. The molecule has 0 aromatic carbocycles. The van der Waals surface area contributed by atoms with Crippen molar-refractivity contribution in [1.29, 1.82) is 5.41 Å². The monoisotopic (exact) mass is 153 g/mol. The molecule has 0 spiro atoms. The van der Waals surface area contributed by atoms with Gasteiger partial charge in [-0.2, -0.15) is 0 Å². The first-order valence-corrected chi connectivity index (χ1v) is 3.42. The maximum atomic E-state index is 7.36. The number of rotatable bonds is 2. The maximum absolute atomic E-state index is 7.36. The first kappa shape index (κ1) is 7.78. The molecule has 1 heterocycles. The summed E-state index contributed by atoms with van der Waals surface area (Å²) in [6.07, 6.45) is 3.30. The number of ether oxygens (including phenoxy) is 1. The molecule has 1 aromatic heterocycles. The Labute approximate surface area is 65.3 Å². The maximum Gasteiger partial charge on any atom is 0.231 e. The third kappa shape index (κ3) is 1.39. The minimum atomic E-state index is 0.157. The van der Waals surface area contributed by atoms with Gasteiger partial charge in [0.1, 0.15) is 5.69 Å². The summed E-state index contributed by atoms with van der Waals surface area (Å²) in [5.74, 6) is 0.157. The molecule has 1 rings (SSSR count). The lowest BCUT2D eigenvalue weighted by Gasteiger charge is -2.03. The van der Waals surface area contributed by atoms with Crippen molar-refractivity contribution in [3.05, 3.63) is 18.2 Å². The molecule has 0 saturated heterocycles. The predicted octanol–water partition coefficient (Wildman–Crippen LogP) is 0.875. The molecular weight excluding hydrogens is 142 g/mol. The molecule has 1 N–H and O–H groups in total. The molecule has 4 nitrogen and oxygen atoms in total. The molecule has 60 valence electrons. The SMILES string of the molecule is CCn1cncc1C(=N)OC. The average Bonchev–Trinajstić information content (AvgIpc) is 2.50. The van der Waals surface area contributed by atoms with Crippen LogP contribution < -0.4 is 0 Å². The minimum absolute atomic E-state index is 0.157. The zero-order valence-electron chi connectivity index (χ0n) is 6.66. The van der Waals surface area contributed by atoms with E-state index < -0.39 is 0 Å². The van der Waals surface area contributed by atoms with Crippen molar-refractivity contribution in [1.82, 2.24) is 9.55 Å². The van der Waals surface area contributed by atoms with Gasteiger partial charge in [0.2, 0.25) is 5.90 Å². The van der Waals surface area contributed by atoms with E-state index in [1.165, 1.54) is 7.11 Å². The fraction of sp³-hybridized carbons (Fsp3) is 0.429. The van der Waals surface area contributed by atoms with E-state index in [0.717, 1.165) is 12.2 Å². The van der Waals surface area contributed by atoms with Crippen molar-refractivity contribution < 1.29 is 4.74 Å². The number of hydrogen-bond acceptors (Lipinski definition) is 3. The Morgan fingerprint density at radius 2 is 2.55 bits per heavy atom. The summed E-state index contributed by atoms with van der Waals surface area (Å²) in [7, 11) is 1.48. The Bertz CT molecular complexity index is 254. The second-order valence-corrected chi connectivity index (χ2v) is 2.10. The Morgan fingerprint density at radius 3 is 3.09 bits per heavy atom.